The number of fused-ring (bicyclic) bond motifs is 1. The van der Waals surface area contributed by atoms with Crippen molar-refractivity contribution in [1.82, 2.24) is 4.90 Å². The number of ether oxygens (including phenoxy) is 1. The number of imide groups is 1. The molecule has 102 valence electrons. The van der Waals surface area contributed by atoms with E-state index >= 15 is 0 Å². The van der Waals surface area contributed by atoms with E-state index in [4.69, 9.17) is 4.74 Å². The van der Waals surface area contributed by atoms with Crippen molar-refractivity contribution in [3.8, 4) is 0 Å². The highest BCUT2D eigenvalue weighted by Gasteiger charge is 2.34. The lowest BCUT2D eigenvalue weighted by atomic mass is 10.1. The molecule has 0 radical (unpaired) electrons. The molecular weight excluding hydrogens is 242 g/mol. The van der Waals surface area contributed by atoms with E-state index in [0.717, 1.165) is 12.8 Å². The lowest BCUT2D eigenvalue weighted by Gasteiger charge is -2.16. The van der Waals surface area contributed by atoms with Crippen LogP contribution in [0.25, 0.3) is 0 Å². The third-order valence-corrected chi connectivity index (χ3v) is 3.32. The maximum absolute atomic E-state index is 12.1. The van der Waals surface area contributed by atoms with Gasteiger partial charge in [0.25, 0.3) is 11.8 Å². The van der Waals surface area contributed by atoms with Gasteiger partial charge in [-0.1, -0.05) is 12.1 Å². The van der Waals surface area contributed by atoms with Gasteiger partial charge >= 0.3 is 0 Å². The SMILES string of the molecule is CCOC(C)CCCN1C(=O)c2ccccc2C1=O. The molecule has 0 aromatic heterocycles. The molecule has 1 aromatic rings. The van der Waals surface area contributed by atoms with Crippen LogP contribution in [0.3, 0.4) is 0 Å². The fourth-order valence-corrected chi connectivity index (χ4v) is 2.35. The first-order chi connectivity index (χ1) is 9.15. The molecule has 1 aliphatic rings. The zero-order chi connectivity index (χ0) is 13.8. The summed E-state index contributed by atoms with van der Waals surface area (Å²) < 4.78 is 5.43. The molecule has 0 spiro atoms. The van der Waals surface area contributed by atoms with Crippen LogP contribution >= 0.6 is 0 Å². The summed E-state index contributed by atoms with van der Waals surface area (Å²) in [5, 5.41) is 0. The molecule has 0 N–H and O–H groups in total. The van der Waals surface area contributed by atoms with Gasteiger partial charge in [0.15, 0.2) is 0 Å². The van der Waals surface area contributed by atoms with Crippen LogP contribution in [0.1, 0.15) is 47.4 Å². The van der Waals surface area contributed by atoms with Crippen LogP contribution < -0.4 is 0 Å². The zero-order valence-corrected chi connectivity index (χ0v) is 11.4. The van der Waals surface area contributed by atoms with E-state index in [-0.39, 0.29) is 17.9 Å². The lowest BCUT2D eigenvalue weighted by molar-refractivity contribution is 0.0574. The molecule has 1 atom stereocenters. The number of carbonyl (C=O) groups is 2. The second-order valence-electron chi connectivity index (χ2n) is 4.72. The molecule has 0 fully saturated rings. The molecular formula is C15H19NO3. The minimum atomic E-state index is -0.176. The molecule has 19 heavy (non-hydrogen) atoms. The summed E-state index contributed by atoms with van der Waals surface area (Å²) in [7, 11) is 0. The van der Waals surface area contributed by atoms with Gasteiger partial charge in [-0.25, -0.2) is 0 Å². The zero-order valence-electron chi connectivity index (χ0n) is 11.4. The average molecular weight is 261 g/mol. The summed E-state index contributed by atoms with van der Waals surface area (Å²) in [6.45, 7) is 5.12. The first-order valence-electron chi connectivity index (χ1n) is 6.72. The quantitative estimate of drug-likeness (QED) is 0.739. The molecule has 2 amide bonds. The Morgan fingerprint density at radius 2 is 1.74 bits per heavy atom. The fraction of sp³-hybridized carbons (Fsp3) is 0.467. The normalized spacial score (nSPS) is 15.8. The van der Waals surface area contributed by atoms with Gasteiger partial charge in [0.2, 0.25) is 0 Å². The van der Waals surface area contributed by atoms with E-state index in [9.17, 15) is 9.59 Å². The molecule has 4 heteroatoms. The fourth-order valence-electron chi connectivity index (χ4n) is 2.35. The maximum atomic E-state index is 12.1. The number of rotatable bonds is 6. The van der Waals surface area contributed by atoms with Crippen LogP contribution in [0.15, 0.2) is 24.3 Å². The van der Waals surface area contributed by atoms with Crippen molar-refractivity contribution < 1.29 is 14.3 Å². The summed E-state index contributed by atoms with van der Waals surface area (Å²) in [5.41, 5.74) is 1.04. The molecule has 1 aliphatic heterocycles. The second-order valence-corrected chi connectivity index (χ2v) is 4.72. The van der Waals surface area contributed by atoms with Gasteiger partial charge in [0, 0.05) is 13.2 Å². The van der Waals surface area contributed by atoms with Gasteiger partial charge in [0.1, 0.15) is 0 Å². The van der Waals surface area contributed by atoms with Gasteiger partial charge in [-0.15, -0.1) is 0 Å². The second kappa shape index (κ2) is 5.97. The molecule has 0 saturated carbocycles. The predicted molar refractivity (Wildman–Crippen MR) is 72.1 cm³/mol. The minimum Gasteiger partial charge on any atom is -0.379 e. The number of amides is 2. The molecule has 1 aromatic carbocycles. The minimum absolute atomic E-state index is 0.167. The predicted octanol–water partition coefficient (Wildman–Crippen LogP) is 2.49. The van der Waals surface area contributed by atoms with Crippen LogP contribution in [0, 0.1) is 0 Å². The average Bonchev–Trinajstić information content (AvgIpc) is 2.65. The van der Waals surface area contributed by atoms with Crippen molar-refractivity contribution in [2.45, 2.75) is 32.8 Å². The van der Waals surface area contributed by atoms with E-state index in [1.165, 1.54) is 4.90 Å². The van der Waals surface area contributed by atoms with E-state index in [0.29, 0.717) is 24.3 Å². The van der Waals surface area contributed by atoms with Crippen molar-refractivity contribution in [3.63, 3.8) is 0 Å². The highest BCUT2D eigenvalue weighted by Crippen LogP contribution is 2.22. The molecule has 0 bridgehead atoms. The van der Waals surface area contributed by atoms with Gasteiger partial charge in [-0.2, -0.15) is 0 Å². The summed E-state index contributed by atoms with van der Waals surface area (Å²) in [5.74, 6) is -0.352. The van der Waals surface area contributed by atoms with E-state index in [2.05, 4.69) is 0 Å². The first-order valence-corrected chi connectivity index (χ1v) is 6.72. The van der Waals surface area contributed by atoms with Gasteiger partial charge in [-0.3, -0.25) is 14.5 Å². The number of nitrogens with zero attached hydrogens (tertiary/aromatic N) is 1. The summed E-state index contributed by atoms with van der Waals surface area (Å²) >= 11 is 0. The molecule has 4 nitrogen and oxygen atoms in total. The van der Waals surface area contributed by atoms with Crippen molar-refractivity contribution in [2.24, 2.45) is 0 Å². The third kappa shape index (κ3) is 2.84. The van der Waals surface area contributed by atoms with Gasteiger partial charge < -0.3 is 4.74 Å². The number of benzene rings is 1. The number of hydrogen-bond acceptors (Lipinski definition) is 3. The smallest absolute Gasteiger partial charge is 0.261 e. The Labute approximate surface area is 113 Å². The van der Waals surface area contributed by atoms with Crippen molar-refractivity contribution >= 4 is 11.8 Å². The summed E-state index contributed by atoms with van der Waals surface area (Å²) in [6.07, 6.45) is 1.79. The summed E-state index contributed by atoms with van der Waals surface area (Å²) in [4.78, 5) is 25.5. The molecule has 0 saturated heterocycles. The van der Waals surface area contributed by atoms with Crippen molar-refractivity contribution in [3.05, 3.63) is 35.4 Å². The Hall–Kier alpha value is -1.68. The van der Waals surface area contributed by atoms with E-state index in [1.54, 1.807) is 24.3 Å². The number of carbonyl (C=O) groups excluding carboxylic acids is 2. The largest absolute Gasteiger partial charge is 0.379 e. The standard InChI is InChI=1S/C15H19NO3/c1-3-19-11(2)7-6-10-16-14(17)12-8-4-5-9-13(12)15(16)18/h4-5,8-9,11H,3,6-7,10H2,1-2H3. The van der Waals surface area contributed by atoms with Gasteiger partial charge in [-0.05, 0) is 38.8 Å². The third-order valence-electron chi connectivity index (χ3n) is 3.32. The van der Waals surface area contributed by atoms with Crippen LogP contribution in [-0.2, 0) is 4.74 Å². The van der Waals surface area contributed by atoms with Crippen LogP contribution in [0.5, 0.6) is 0 Å². The van der Waals surface area contributed by atoms with Crippen LogP contribution in [0.2, 0.25) is 0 Å². The molecule has 0 aliphatic carbocycles. The Morgan fingerprint density at radius 1 is 1.16 bits per heavy atom. The van der Waals surface area contributed by atoms with Crippen LogP contribution in [-0.4, -0.2) is 36.0 Å². The Balaban J connectivity index is 1.93. The van der Waals surface area contributed by atoms with Crippen molar-refractivity contribution in [2.75, 3.05) is 13.2 Å². The molecule has 1 unspecified atom stereocenters. The first kappa shape index (κ1) is 13.7. The lowest BCUT2D eigenvalue weighted by Crippen LogP contribution is -2.31. The van der Waals surface area contributed by atoms with Gasteiger partial charge in [0.05, 0.1) is 17.2 Å². The highest BCUT2D eigenvalue weighted by molar-refractivity contribution is 6.21. The van der Waals surface area contributed by atoms with E-state index < -0.39 is 0 Å². The maximum Gasteiger partial charge on any atom is 0.261 e. The van der Waals surface area contributed by atoms with Crippen LogP contribution in [0.4, 0.5) is 0 Å². The Bertz CT molecular complexity index is 449. The summed E-state index contributed by atoms with van der Waals surface area (Å²) in [6, 6.07) is 6.98. The molecule has 2 rings (SSSR count). The Morgan fingerprint density at radius 3 is 2.26 bits per heavy atom. The highest BCUT2D eigenvalue weighted by atomic mass is 16.5. The topological polar surface area (TPSA) is 46.6 Å². The van der Waals surface area contributed by atoms with Crippen molar-refractivity contribution in [1.29, 1.82) is 0 Å². The monoisotopic (exact) mass is 261 g/mol. The van der Waals surface area contributed by atoms with E-state index in [1.807, 2.05) is 13.8 Å². The Kier molecular flexibility index (Phi) is 4.32. The number of hydrogen-bond donors (Lipinski definition) is 0. The molecule has 1 heterocycles.